The zero-order chi connectivity index (χ0) is 22.3. The fourth-order valence-electron chi connectivity index (χ4n) is 5.86. The standard InChI is InChI=1S/C25H39N3O2/c1-16(2)19-9-8-10-20(17(3)4)22(19)27-23(30)26-13-21(29)28-15-25(7)12-18(28)11-24(5,6)14-25/h8-10,16-18H,11-15H2,1-7H3,(H2,26,27,30). The van der Waals surface area contributed by atoms with Crippen LogP contribution in [0.4, 0.5) is 10.5 Å². The topological polar surface area (TPSA) is 61.4 Å². The van der Waals surface area contributed by atoms with Crippen LogP contribution < -0.4 is 10.6 Å². The Labute approximate surface area is 182 Å². The number of likely N-dealkylation sites (tertiary alicyclic amines) is 1. The number of rotatable bonds is 5. The van der Waals surface area contributed by atoms with Crippen molar-refractivity contribution in [1.29, 1.82) is 0 Å². The highest BCUT2D eigenvalue weighted by atomic mass is 16.2. The van der Waals surface area contributed by atoms with E-state index in [1.807, 2.05) is 11.0 Å². The van der Waals surface area contributed by atoms with Crippen LogP contribution in [0.25, 0.3) is 0 Å². The number of benzene rings is 1. The van der Waals surface area contributed by atoms with E-state index in [9.17, 15) is 9.59 Å². The second kappa shape index (κ2) is 8.24. The Morgan fingerprint density at radius 1 is 1.07 bits per heavy atom. The lowest BCUT2D eigenvalue weighted by Gasteiger charge is -2.39. The van der Waals surface area contributed by atoms with E-state index in [1.165, 1.54) is 0 Å². The van der Waals surface area contributed by atoms with Crippen LogP contribution in [0.3, 0.4) is 0 Å². The molecule has 30 heavy (non-hydrogen) atoms. The van der Waals surface area contributed by atoms with E-state index in [1.54, 1.807) is 0 Å². The molecular weight excluding hydrogens is 374 g/mol. The lowest BCUT2D eigenvalue weighted by Crippen LogP contribution is -2.44. The summed E-state index contributed by atoms with van der Waals surface area (Å²) >= 11 is 0. The van der Waals surface area contributed by atoms with Crippen molar-refractivity contribution in [3.8, 4) is 0 Å². The summed E-state index contributed by atoms with van der Waals surface area (Å²) in [5, 5.41) is 5.85. The van der Waals surface area contributed by atoms with E-state index in [2.05, 4.69) is 71.2 Å². The number of anilines is 1. The molecule has 1 aliphatic carbocycles. The number of hydrogen-bond donors (Lipinski definition) is 2. The molecule has 0 spiro atoms. The molecule has 1 aromatic rings. The molecule has 1 aliphatic heterocycles. The molecule has 2 bridgehead atoms. The van der Waals surface area contributed by atoms with E-state index in [4.69, 9.17) is 0 Å². The second-order valence-electron chi connectivity index (χ2n) is 11.2. The lowest BCUT2D eigenvalue weighted by molar-refractivity contribution is -0.131. The van der Waals surface area contributed by atoms with E-state index in [0.717, 1.165) is 42.6 Å². The van der Waals surface area contributed by atoms with Crippen LogP contribution in [0.1, 0.15) is 90.7 Å². The monoisotopic (exact) mass is 413 g/mol. The molecule has 2 aliphatic rings. The Morgan fingerprint density at radius 3 is 2.23 bits per heavy atom. The quantitative estimate of drug-likeness (QED) is 0.671. The van der Waals surface area contributed by atoms with E-state index in [-0.39, 0.29) is 29.3 Å². The number of urea groups is 1. The molecule has 0 aromatic heterocycles. The Balaban J connectivity index is 1.64. The largest absolute Gasteiger partial charge is 0.338 e. The number of carbonyl (C=O) groups excluding carboxylic acids is 2. The summed E-state index contributed by atoms with van der Waals surface area (Å²) in [6.45, 7) is 16.2. The molecular formula is C25H39N3O2. The molecule has 1 saturated carbocycles. The molecule has 5 nitrogen and oxygen atoms in total. The number of fused-ring (bicyclic) bond motifs is 2. The molecule has 1 aromatic carbocycles. The van der Waals surface area contributed by atoms with Gasteiger partial charge in [0.05, 0.1) is 6.54 Å². The van der Waals surface area contributed by atoms with Crippen molar-refractivity contribution in [2.45, 2.75) is 85.6 Å². The predicted molar refractivity (Wildman–Crippen MR) is 123 cm³/mol. The van der Waals surface area contributed by atoms with Crippen LogP contribution >= 0.6 is 0 Å². The first-order valence-electron chi connectivity index (χ1n) is 11.4. The van der Waals surface area contributed by atoms with Crippen molar-refractivity contribution in [3.05, 3.63) is 29.3 Å². The van der Waals surface area contributed by atoms with Crippen LogP contribution in [0.15, 0.2) is 18.2 Å². The Kier molecular flexibility index (Phi) is 6.22. The van der Waals surface area contributed by atoms with Crippen molar-refractivity contribution in [1.82, 2.24) is 10.2 Å². The summed E-state index contributed by atoms with van der Waals surface area (Å²) in [4.78, 5) is 27.6. The molecule has 0 radical (unpaired) electrons. The molecule has 1 saturated heterocycles. The van der Waals surface area contributed by atoms with Crippen LogP contribution in [0, 0.1) is 10.8 Å². The molecule has 2 N–H and O–H groups in total. The van der Waals surface area contributed by atoms with Gasteiger partial charge in [0, 0.05) is 18.3 Å². The van der Waals surface area contributed by atoms with Gasteiger partial charge in [-0.05, 0) is 53.1 Å². The van der Waals surface area contributed by atoms with Crippen molar-refractivity contribution >= 4 is 17.6 Å². The third-order valence-electron chi connectivity index (χ3n) is 6.75. The number of carbonyl (C=O) groups is 2. The Hall–Kier alpha value is -2.04. The maximum Gasteiger partial charge on any atom is 0.319 e. The minimum absolute atomic E-state index is 0.0257. The lowest BCUT2D eigenvalue weighted by atomic mass is 9.65. The van der Waals surface area contributed by atoms with Gasteiger partial charge in [0.25, 0.3) is 0 Å². The molecule has 2 fully saturated rings. The van der Waals surface area contributed by atoms with Gasteiger partial charge in [-0.1, -0.05) is 66.7 Å². The predicted octanol–water partition coefficient (Wildman–Crippen LogP) is 5.48. The molecule has 2 atom stereocenters. The maximum atomic E-state index is 12.9. The van der Waals surface area contributed by atoms with Gasteiger partial charge in [-0.3, -0.25) is 4.79 Å². The van der Waals surface area contributed by atoms with E-state index in [0.29, 0.717) is 17.9 Å². The summed E-state index contributed by atoms with van der Waals surface area (Å²) < 4.78 is 0. The average molecular weight is 414 g/mol. The van der Waals surface area contributed by atoms with Gasteiger partial charge in [0.15, 0.2) is 0 Å². The highest BCUT2D eigenvalue weighted by molar-refractivity contribution is 5.94. The normalized spacial score (nSPS) is 25.0. The zero-order valence-corrected chi connectivity index (χ0v) is 19.8. The number of hydrogen-bond acceptors (Lipinski definition) is 2. The van der Waals surface area contributed by atoms with Crippen molar-refractivity contribution in [2.24, 2.45) is 10.8 Å². The van der Waals surface area contributed by atoms with Gasteiger partial charge in [-0.2, -0.15) is 0 Å². The first kappa shape index (κ1) is 22.6. The van der Waals surface area contributed by atoms with Gasteiger partial charge in [-0.15, -0.1) is 0 Å². The molecule has 3 amide bonds. The number of nitrogens with zero attached hydrogens (tertiary/aromatic N) is 1. The van der Waals surface area contributed by atoms with Gasteiger partial charge in [0.1, 0.15) is 0 Å². The summed E-state index contributed by atoms with van der Waals surface area (Å²) in [7, 11) is 0. The number of nitrogens with one attached hydrogen (secondary N) is 2. The zero-order valence-electron chi connectivity index (χ0n) is 19.8. The molecule has 5 heteroatoms. The van der Waals surface area contributed by atoms with Gasteiger partial charge in [-0.25, -0.2) is 4.79 Å². The molecule has 3 rings (SSSR count). The number of amides is 3. The summed E-state index contributed by atoms with van der Waals surface area (Å²) in [5.74, 6) is 0.625. The molecule has 2 unspecified atom stereocenters. The molecule has 1 heterocycles. The van der Waals surface area contributed by atoms with Crippen LogP contribution in [-0.4, -0.2) is 36.0 Å². The van der Waals surface area contributed by atoms with Gasteiger partial charge in [0.2, 0.25) is 5.91 Å². The van der Waals surface area contributed by atoms with E-state index < -0.39 is 0 Å². The molecule has 166 valence electrons. The fourth-order valence-corrected chi connectivity index (χ4v) is 5.86. The summed E-state index contributed by atoms with van der Waals surface area (Å²) in [5.41, 5.74) is 3.58. The van der Waals surface area contributed by atoms with Gasteiger partial charge >= 0.3 is 6.03 Å². The summed E-state index contributed by atoms with van der Waals surface area (Å²) in [6, 6.07) is 6.15. The smallest absolute Gasteiger partial charge is 0.319 e. The Morgan fingerprint density at radius 2 is 1.67 bits per heavy atom. The van der Waals surface area contributed by atoms with Crippen LogP contribution in [-0.2, 0) is 4.79 Å². The van der Waals surface area contributed by atoms with Crippen molar-refractivity contribution in [2.75, 3.05) is 18.4 Å². The fraction of sp³-hybridized carbons (Fsp3) is 0.680. The minimum Gasteiger partial charge on any atom is -0.338 e. The van der Waals surface area contributed by atoms with Crippen LogP contribution in [0.5, 0.6) is 0 Å². The second-order valence-corrected chi connectivity index (χ2v) is 11.2. The highest BCUT2D eigenvalue weighted by Gasteiger charge is 2.50. The first-order chi connectivity index (χ1) is 13.9. The summed E-state index contributed by atoms with van der Waals surface area (Å²) in [6.07, 6.45) is 3.27. The third-order valence-corrected chi connectivity index (χ3v) is 6.75. The maximum absolute atomic E-state index is 12.9. The average Bonchev–Trinajstić information content (AvgIpc) is 2.88. The number of para-hydroxylation sites is 1. The van der Waals surface area contributed by atoms with Gasteiger partial charge < -0.3 is 15.5 Å². The van der Waals surface area contributed by atoms with Crippen LogP contribution in [0.2, 0.25) is 0 Å². The third kappa shape index (κ3) is 4.81. The Bertz CT molecular complexity index is 788. The van der Waals surface area contributed by atoms with Crippen molar-refractivity contribution in [3.63, 3.8) is 0 Å². The van der Waals surface area contributed by atoms with E-state index >= 15 is 0 Å². The highest BCUT2D eigenvalue weighted by Crippen LogP contribution is 2.52. The SMILES string of the molecule is CC(C)c1cccc(C(C)C)c1NC(=O)NCC(=O)N1CC2(C)CC1CC(C)(C)C2. The van der Waals surface area contributed by atoms with Crippen molar-refractivity contribution < 1.29 is 9.59 Å². The minimum atomic E-state index is -0.313. The first-order valence-corrected chi connectivity index (χ1v) is 11.4.